The highest BCUT2D eigenvalue weighted by Crippen LogP contribution is 2.42. The van der Waals surface area contributed by atoms with Crippen molar-refractivity contribution in [3.05, 3.63) is 94.8 Å². The van der Waals surface area contributed by atoms with Crippen LogP contribution in [0.15, 0.2) is 72.6 Å². The fourth-order valence-corrected chi connectivity index (χ4v) is 4.91. The van der Waals surface area contributed by atoms with Crippen LogP contribution in [0.2, 0.25) is 0 Å². The minimum absolute atomic E-state index is 0.0490. The molecular formula is C30H30N2O5. The standard InChI is InChI=1S/C30H30N2O5/c1-3-4-13-36-24-9-5-8-21(16-24)27-26(28(33)22-10-11-25-23(15-22)14-19(2)37-25)29(34)30(35)32(27)18-20-7-6-12-31-17-20/h5-12,15-17,19,27,33H,3-4,13-14,18H2,1-2H3/b28-26+/t19-,27-/m0/s1. The Morgan fingerprint density at radius 1 is 1.16 bits per heavy atom. The van der Waals surface area contributed by atoms with Gasteiger partial charge in [-0.3, -0.25) is 14.6 Å². The molecule has 1 fully saturated rings. The molecule has 1 aromatic heterocycles. The summed E-state index contributed by atoms with van der Waals surface area (Å²) in [6, 6.07) is 15.6. The van der Waals surface area contributed by atoms with Gasteiger partial charge in [-0.15, -0.1) is 0 Å². The number of Topliss-reactive ketones (excluding diaryl/α,β-unsaturated/α-hetero) is 1. The lowest BCUT2D eigenvalue weighted by Crippen LogP contribution is -2.29. The Kier molecular flexibility index (Phi) is 6.95. The maximum absolute atomic E-state index is 13.4. The highest BCUT2D eigenvalue weighted by atomic mass is 16.5. The van der Waals surface area contributed by atoms with Gasteiger partial charge in [0.05, 0.1) is 18.2 Å². The Hall–Kier alpha value is -4.13. The summed E-state index contributed by atoms with van der Waals surface area (Å²) >= 11 is 0. The lowest BCUT2D eigenvalue weighted by molar-refractivity contribution is -0.140. The van der Waals surface area contributed by atoms with E-state index in [2.05, 4.69) is 11.9 Å². The molecule has 7 nitrogen and oxygen atoms in total. The zero-order valence-corrected chi connectivity index (χ0v) is 21.0. The summed E-state index contributed by atoms with van der Waals surface area (Å²) in [5.41, 5.74) is 2.98. The van der Waals surface area contributed by atoms with Crippen LogP contribution in [0.25, 0.3) is 5.76 Å². The van der Waals surface area contributed by atoms with E-state index in [-0.39, 0.29) is 24.0 Å². The van der Waals surface area contributed by atoms with Gasteiger partial charge in [0.2, 0.25) is 0 Å². The van der Waals surface area contributed by atoms with E-state index in [1.807, 2.05) is 43.3 Å². The number of aliphatic hydroxyl groups is 1. The number of likely N-dealkylation sites (tertiary alicyclic amines) is 1. The van der Waals surface area contributed by atoms with E-state index in [9.17, 15) is 14.7 Å². The molecule has 37 heavy (non-hydrogen) atoms. The van der Waals surface area contributed by atoms with E-state index in [0.29, 0.717) is 29.9 Å². The smallest absolute Gasteiger partial charge is 0.295 e. The van der Waals surface area contributed by atoms with Gasteiger partial charge in [-0.2, -0.15) is 0 Å². The lowest BCUT2D eigenvalue weighted by atomic mass is 9.94. The maximum Gasteiger partial charge on any atom is 0.295 e. The summed E-state index contributed by atoms with van der Waals surface area (Å²) in [5, 5.41) is 11.5. The molecule has 2 aliphatic heterocycles. The maximum atomic E-state index is 13.4. The molecular weight excluding hydrogens is 468 g/mol. The fraction of sp³-hybridized carbons (Fsp3) is 0.300. The summed E-state index contributed by atoms with van der Waals surface area (Å²) in [6.45, 7) is 4.83. The third kappa shape index (κ3) is 4.94. The number of aromatic nitrogens is 1. The predicted octanol–water partition coefficient (Wildman–Crippen LogP) is 5.21. The van der Waals surface area contributed by atoms with Crippen molar-refractivity contribution >= 4 is 17.4 Å². The first-order chi connectivity index (χ1) is 18.0. The van der Waals surface area contributed by atoms with Crippen molar-refractivity contribution in [1.82, 2.24) is 9.88 Å². The average molecular weight is 499 g/mol. The topological polar surface area (TPSA) is 89.0 Å². The van der Waals surface area contributed by atoms with E-state index >= 15 is 0 Å². The number of nitrogens with zero attached hydrogens (tertiary/aromatic N) is 2. The quantitative estimate of drug-likeness (QED) is 0.199. The van der Waals surface area contributed by atoms with E-state index in [1.54, 1.807) is 30.6 Å². The summed E-state index contributed by atoms with van der Waals surface area (Å²) in [6.07, 6.45) is 6.02. The van der Waals surface area contributed by atoms with Crippen molar-refractivity contribution in [1.29, 1.82) is 0 Å². The molecule has 3 aromatic rings. The van der Waals surface area contributed by atoms with Crippen molar-refractivity contribution < 1.29 is 24.2 Å². The van der Waals surface area contributed by atoms with E-state index < -0.39 is 17.7 Å². The molecule has 2 atom stereocenters. The van der Waals surface area contributed by atoms with Crippen molar-refractivity contribution in [2.75, 3.05) is 6.61 Å². The molecule has 0 aliphatic carbocycles. The van der Waals surface area contributed by atoms with Crippen LogP contribution in [0.4, 0.5) is 0 Å². The zero-order chi connectivity index (χ0) is 25.9. The molecule has 190 valence electrons. The van der Waals surface area contributed by atoms with Gasteiger partial charge in [0, 0.05) is 30.9 Å². The predicted molar refractivity (Wildman–Crippen MR) is 139 cm³/mol. The molecule has 1 amide bonds. The van der Waals surface area contributed by atoms with Crippen LogP contribution in [0.3, 0.4) is 0 Å². The molecule has 2 aliphatic rings. The number of rotatable bonds is 8. The third-order valence-corrected chi connectivity index (χ3v) is 6.73. The first kappa shape index (κ1) is 24.6. The fourth-order valence-electron chi connectivity index (χ4n) is 4.91. The number of unbranched alkanes of at least 4 members (excludes halogenated alkanes) is 1. The van der Waals surface area contributed by atoms with Crippen molar-refractivity contribution in [2.24, 2.45) is 0 Å². The van der Waals surface area contributed by atoms with Crippen molar-refractivity contribution in [2.45, 2.75) is 51.8 Å². The van der Waals surface area contributed by atoms with Crippen LogP contribution in [-0.2, 0) is 22.6 Å². The lowest BCUT2D eigenvalue weighted by Gasteiger charge is -2.25. The number of pyridine rings is 1. The molecule has 1 N–H and O–H groups in total. The van der Waals surface area contributed by atoms with E-state index in [0.717, 1.165) is 29.7 Å². The Labute approximate surface area is 216 Å². The zero-order valence-electron chi connectivity index (χ0n) is 21.0. The minimum Gasteiger partial charge on any atom is -0.507 e. The molecule has 3 heterocycles. The second-order valence-electron chi connectivity index (χ2n) is 9.52. The number of benzene rings is 2. The number of carbonyl (C=O) groups excluding carboxylic acids is 2. The molecule has 0 spiro atoms. The molecule has 0 unspecified atom stereocenters. The second-order valence-corrected chi connectivity index (χ2v) is 9.52. The van der Waals surface area contributed by atoms with Crippen LogP contribution in [0, 0.1) is 0 Å². The highest BCUT2D eigenvalue weighted by molar-refractivity contribution is 6.46. The first-order valence-electron chi connectivity index (χ1n) is 12.7. The van der Waals surface area contributed by atoms with Gasteiger partial charge in [0.25, 0.3) is 11.7 Å². The number of hydrogen-bond donors (Lipinski definition) is 1. The Balaban J connectivity index is 1.59. The number of ether oxygens (including phenoxy) is 2. The normalized spacial score (nSPS) is 20.1. The summed E-state index contributed by atoms with van der Waals surface area (Å²) in [5.74, 6) is -0.146. The average Bonchev–Trinajstić information content (AvgIpc) is 3.40. The van der Waals surface area contributed by atoms with Gasteiger partial charge < -0.3 is 19.5 Å². The third-order valence-electron chi connectivity index (χ3n) is 6.73. The molecule has 0 bridgehead atoms. The number of hydrogen-bond acceptors (Lipinski definition) is 6. The Bertz CT molecular complexity index is 1350. The summed E-state index contributed by atoms with van der Waals surface area (Å²) in [7, 11) is 0. The molecule has 1 saturated heterocycles. The highest BCUT2D eigenvalue weighted by Gasteiger charge is 2.46. The van der Waals surface area contributed by atoms with Crippen LogP contribution in [0.1, 0.15) is 55.0 Å². The van der Waals surface area contributed by atoms with Crippen LogP contribution < -0.4 is 9.47 Å². The number of amides is 1. The molecule has 0 saturated carbocycles. The van der Waals surface area contributed by atoms with Gasteiger partial charge in [-0.05, 0) is 66.4 Å². The number of aliphatic hydroxyl groups excluding tert-OH is 1. The number of fused-ring (bicyclic) bond motifs is 1. The second kappa shape index (κ2) is 10.5. The van der Waals surface area contributed by atoms with Gasteiger partial charge in [0.15, 0.2) is 0 Å². The Morgan fingerprint density at radius 2 is 2.03 bits per heavy atom. The van der Waals surface area contributed by atoms with Gasteiger partial charge >= 0.3 is 0 Å². The summed E-state index contributed by atoms with van der Waals surface area (Å²) in [4.78, 5) is 32.4. The molecule has 7 heteroatoms. The van der Waals surface area contributed by atoms with E-state index in [1.165, 1.54) is 4.90 Å². The minimum atomic E-state index is -0.779. The van der Waals surface area contributed by atoms with Crippen molar-refractivity contribution in [3.63, 3.8) is 0 Å². The SMILES string of the molecule is CCCCOc1cccc([C@H]2/C(=C(\O)c3ccc4c(c3)C[C@H](C)O4)C(=O)C(=O)N2Cc2cccnc2)c1. The molecule has 2 aromatic carbocycles. The number of carbonyl (C=O) groups is 2. The van der Waals surface area contributed by atoms with Crippen LogP contribution in [0.5, 0.6) is 11.5 Å². The van der Waals surface area contributed by atoms with Crippen LogP contribution in [-0.4, -0.2) is 39.4 Å². The van der Waals surface area contributed by atoms with Crippen LogP contribution >= 0.6 is 0 Å². The monoisotopic (exact) mass is 498 g/mol. The van der Waals surface area contributed by atoms with Crippen molar-refractivity contribution in [3.8, 4) is 11.5 Å². The van der Waals surface area contributed by atoms with Gasteiger partial charge in [0.1, 0.15) is 23.4 Å². The number of ketones is 1. The largest absolute Gasteiger partial charge is 0.507 e. The first-order valence-corrected chi connectivity index (χ1v) is 12.7. The van der Waals surface area contributed by atoms with Gasteiger partial charge in [-0.1, -0.05) is 31.5 Å². The Morgan fingerprint density at radius 3 is 2.81 bits per heavy atom. The summed E-state index contributed by atoms with van der Waals surface area (Å²) < 4.78 is 11.7. The molecule has 5 rings (SSSR count). The molecule has 0 radical (unpaired) electrons. The van der Waals surface area contributed by atoms with Gasteiger partial charge in [-0.25, -0.2) is 0 Å². The van der Waals surface area contributed by atoms with E-state index in [4.69, 9.17) is 9.47 Å².